The van der Waals surface area contributed by atoms with Crippen LogP contribution < -0.4 is 0 Å². The number of nitrogens with zero attached hydrogens (tertiary/aromatic N) is 2. The van der Waals surface area contributed by atoms with Gasteiger partial charge in [0.25, 0.3) is 0 Å². The topological polar surface area (TPSA) is 60.9 Å². The first-order valence-corrected chi connectivity index (χ1v) is 7.06. The number of alkyl halides is 3. The molecule has 0 radical (unpaired) electrons. The molecule has 0 spiro atoms. The van der Waals surface area contributed by atoms with Gasteiger partial charge in [-0.05, 0) is 25.7 Å². The van der Waals surface area contributed by atoms with Crippen molar-refractivity contribution >= 4 is 11.9 Å². The maximum Gasteiger partial charge on any atom is 0.406 e. The van der Waals surface area contributed by atoms with E-state index < -0.39 is 30.5 Å². The van der Waals surface area contributed by atoms with E-state index in [9.17, 15) is 22.8 Å². The summed E-state index contributed by atoms with van der Waals surface area (Å²) in [5.41, 5.74) is -2.74. The molecule has 2 fully saturated rings. The standard InChI is InChI=1S/C13H19F3N2O3/c14-13(15,16)12(11(20)21)4-7-17(9-12)8-10(19)18-5-2-1-3-6-18/h1-9H2,(H,20,21). The van der Waals surface area contributed by atoms with E-state index in [0.29, 0.717) is 13.1 Å². The van der Waals surface area contributed by atoms with Crippen LogP contribution in [0.15, 0.2) is 0 Å². The van der Waals surface area contributed by atoms with Gasteiger partial charge in [-0.1, -0.05) is 0 Å². The Labute approximate surface area is 120 Å². The summed E-state index contributed by atoms with van der Waals surface area (Å²) >= 11 is 0. The molecule has 2 aliphatic rings. The van der Waals surface area contributed by atoms with Crippen LogP contribution in [0.3, 0.4) is 0 Å². The molecule has 0 aromatic heterocycles. The Hall–Kier alpha value is -1.31. The molecular formula is C13H19F3N2O3. The zero-order valence-electron chi connectivity index (χ0n) is 11.7. The summed E-state index contributed by atoms with van der Waals surface area (Å²) < 4.78 is 39.1. The van der Waals surface area contributed by atoms with Gasteiger partial charge >= 0.3 is 12.1 Å². The summed E-state index contributed by atoms with van der Waals surface area (Å²) in [6, 6.07) is 0. The van der Waals surface area contributed by atoms with Crippen molar-refractivity contribution in [3.05, 3.63) is 0 Å². The molecule has 21 heavy (non-hydrogen) atoms. The van der Waals surface area contributed by atoms with Crippen LogP contribution >= 0.6 is 0 Å². The monoisotopic (exact) mass is 308 g/mol. The molecule has 1 N–H and O–H groups in total. The zero-order chi connectivity index (χ0) is 15.7. The molecule has 2 saturated heterocycles. The number of rotatable bonds is 3. The molecule has 1 unspecified atom stereocenters. The SMILES string of the molecule is O=C(CN1CCC(C(=O)O)(C(F)(F)F)C1)N1CCCCC1. The highest BCUT2D eigenvalue weighted by Gasteiger charge is 2.63. The fourth-order valence-electron chi connectivity index (χ4n) is 2.99. The number of carboxylic acid groups (broad SMARTS) is 1. The maximum absolute atomic E-state index is 13.0. The number of carbonyl (C=O) groups excluding carboxylic acids is 1. The Balaban J connectivity index is 1.98. The average Bonchev–Trinajstić information content (AvgIpc) is 2.84. The molecule has 0 bridgehead atoms. The highest BCUT2D eigenvalue weighted by atomic mass is 19.4. The minimum Gasteiger partial charge on any atom is -0.481 e. The number of halogens is 3. The average molecular weight is 308 g/mol. The number of likely N-dealkylation sites (tertiary alicyclic amines) is 2. The molecule has 2 aliphatic heterocycles. The van der Waals surface area contributed by atoms with Gasteiger partial charge in [0.2, 0.25) is 5.91 Å². The number of aliphatic carboxylic acids is 1. The second kappa shape index (κ2) is 5.82. The van der Waals surface area contributed by atoms with Gasteiger partial charge in [-0.3, -0.25) is 14.5 Å². The third-order valence-electron chi connectivity index (χ3n) is 4.37. The van der Waals surface area contributed by atoms with Crippen LogP contribution in [0.4, 0.5) is 13.2 Å². The smallest absolute Gasteiger partial charge is 0.406 e. The lowest BCUT2D eigenvalue weighted by molar-refractivity contribution is -0.227. The lowest BCUT2D eigenvalue weighted by atomic mass is 9.86. The maximum atomic E-state index is 13.0. The highest BCUT2D eigenvalue weighted by molar-refractivity contribution is 5.79. The largest absolute Gasteiger partial charge is 0.481 e. The van der Waals surface area contributed by atoms with Crippen LogP contribution in [0, 0.1) is 5.41 Å². The van der Waals surface area contributed by atoms with Crippen molar-refractivity contribution < 1.29 is 27.9 Å². The van der Waals surface area contributed by atoms with E-state index in [0.717, 1.165) is 19.3 Å². The molecule has 0 aromatic carbocycles. The fraction of sp³-hybridized carbons (Fsp3) is 0.846. The van der Waals surface area contributed by atoms with Crippen molar-refractivity contribution in [2.24, 2.45) is 5.41 Å². The first-order chi connectivity index (χ1) is 9.76. The summed E-state index contributed by atoms with van der Waals surface area (Å²) in [4.78, 5) is 26.1. The minimum atomic E-state index is -4.80. The molecule has 0 aromatic rings. The van der Waals surface area contributed by atoms with Gasteiger partial charge in [-0.25, -0.2) is 0 Å². The predicted octanol–water partition coefficient (Wildman–Crippen LogP) is 1.34. The first-order valence-electron chi connectivity index (χ1n) is 7.06. The van der Waals surface area contributed by atoms with Crippen LogP contribution in [-0.4, -0.2) is 65.7 Å². The van der Waals surface area contributed by atoms with E-state index in [1.807, 2.05) is 0 Å². The van der Waals surface area contributed by atoms with E-state index in [2.05, 4.69) is 0 Å². The Morgan fingerprint density at radius 2 is 1.71 bits per heavy atom. The van der Waals surface area contributed by atoms with E-state index in [-0.39, 0.29) is 19.0 Å². The van der Waals surface area contributed by atoms with Crippen LogP contribution in [0.25, 0.3) is 0 Å². The molecule has 0 saturated carbocycles. The molecule has 0 aliphatic carbocycles. The number of hydrogen-bond acceptors (Lipinski definition) is 3. The quantitative estimate of drug-likeness (QED) is 0.855. The first kappa shape index (κ1) is 16.1. The Kier molecular flexibility index (Phi) is 4.46. The Morgan fingerprint density at radius 1 is 1.10 bits per heavy atom. The van der Waals surface area contributed by atoms with E-state index >= 15 is 0 Å². The molecule has 2 heterocycles. The van der Waals surface area contributed by atoms with Gasteiger partial charge in [-0.15, -0.1) is 0 Å². The van der Waals surface area contributed by atoms with Gasteiger partial charge < -0.3 is 10.0 Å². The predicted molar refractivity (Wildman–Crippen MR) is 67.6 cm³/mol. The summed E-state index contributed by atoms with van der Waals surface area (Å²) in [6.07, 6.45) is -2.43. The lowest BCUT2D eigenvalue weighted by Gasteiger charge is -2.30. The summed E-state index contributed by atoms with van der Waals surface area (Å²) in [7, 11) is 0. The fourth-order valence-corrected chi connectivity index (χ4v) is 2.99. The normalized spacial score (nSPS) is 27.9. The molecule has 1 atom stereocenters. The zero-order valence-corrected chi connectivity index (χ0v) is 11.7. The van der Waals surface area contributed by atoms with Gasteiger partial charge in [-0.2, -0.15) is 13.2 Å². The van der Waals surface area contributed by atoms with Crippen LogP contribution in [-0.2, 0) is 9.59 Å². The Morgan fingerprint density at radius 3 is 2.19 bits per heavy atom. The van der Waals surface area contributed by atoms with Gasteiger partial charge in [0.05, 0.1) is 6.54 Å². The third-order valence-corrected chi connectivity index (χ3v) is 4.37. The van der Waals surface area contributed by atoms with Crippen molar-refractivity contribution in [3.63, 3.8) is 0 Å². The lowest BCUT2D eigenvalue weighted by Crippen LogP contribution is -2.48. The minimum absolute atomic E-state index is 0.0224. The third kappa shape index (κ3) is 3.14. The van der Waals surface area contributed by atoms with Gasteiger partial charge in [0.1, 0.15) is 0 Å². The van der Waals surface area contributed by atoms with Crippen LogP contribution in [0.1, 0.15) is 25.7 Å². The second-order valence-corrected chi connectivity index (χ2v) is 5.79. The van der Waals surface area contributed by atoms with E-state index in [1.54, 1.807) is 4.90 Å². The molecular weight excluding hydrogens is 289 g/mol. The van der Waals surface area contributed by atoms with E-state index in [1.165, 1.54) is 4.90 Å². The van der Waals surface area contributed by atoms with Crippen LogP contribution in [0.5, 0.6) is 0 Å². The van der Waals surface area contributed by atoms with Crippen molar-refractivity contribution in [1.82, 2.24) is 9.80 Å². The molecule has 5 nitrogen and oxygen atoms in total. The molecule has 1 amide bonds. The van der Waals surface area contributed by atoms with Gasteiger partial charge in [0.15, 0.2) is 5.41 Å². The molecule has 8 heteroatoms. The van der Waals surface area contributed by atoms with Gasteiger partial charge in [0, 0.05) is 26.2 Å². The van der Waals surface area contributed by atoms with Crippen molar-refractivity contribution in [2.75, 3.05) is 32.7 Å². The number of carbonyl (C=O) groups is 2. The summed E-state index contributed by atoms with van der Waals surface area (Å²) in [5.74, 6) is -2.07. The number of piperidine rings is 1. The van der Waals surface area contributed by atoms with Crippen molar-refractivity contribution in [3.8, 4) is 0 Å². The second-order valence-electron chi connectivity index (χ2n) is 5.79. The highest BCUT2D eigenvalue weighted by Crippen LogP contribution is 2.45. The van der Waals surface area contributed by atoms with Crippen molar-refractivity contribution in [2.45, 2.75) is 31.9 Å². The van der Waals surface area contributed by atoms with Crippen molar-refractivity contribution in [1.29, 1.82) is 0 Å². The number of carboxylic acids is 1. The molecule has 120 valence electrons. The Bertz CT molecular complexity index is 421. The number of amides is 1. The number of hydrogen-bond donors (Lipinski definition) is 1. The van der Waals surface area contributed by atoms with Crippen LogP contribution in [0.2, 0.25) is 0 Å². The summed E-state index contributed by atoms with van der Waals surface area (Å²) in [5, 5.41) is 8.96. The molecule has 2 rings (SSSR count). The summed E-state index contributed by atoms with van der Waals surface area (Å²) in [6.45, 7) is 0.466. The van der Waals surface area contributed by atoms with E-state index in [4.69, 9.17) is 5.11 Å².